The molecule has 11 nitrogen and oxygen atoms in total. The van der Waals surface area contributed by atoms with E-state index >= 15 is 0 Å². The fourth-order valence-electron chi connectivity index (χ4n) is 5.46. The average Bonchev–Trinajstić information content (AvgIpc) is 3.68. The number of amides is 4. The zero-order valence-electron chi connectivity index (χ0n) is 25.2. The van der Waals surface area contributed by atoms with Crippen LogP contribution in [0.15, 0.2) is 78.9 Å². The van der Waals surface area contributed by atoms with Crippen LogP contribution in [0, 0.1) is 0 Å². The molecule has 2 aliphatic heterocycles. The largest absolute Gasteiger partial charge is 0.433 e. The predicted molar refractivity (Wildman–Crippen MR) is 170 cm³/mol. The molecule has 12 heteroatoms. The van der Waals surface area contributed by atoms with Gasteiger partial charge in [-0.05, 0) is 49.1 Å². The number of hydrogen-bond acceptors (Lipinski definition) is 7. The summed E-state index contributed by atoms with van der Waals surface area (Å²) in [4.78, 5) is 65.6. The minimum Gasteiger partial charge on any atom is -0.433 e. The van der Waals surface area contributed by atoms with Gasteiger partial charge in [-0.15, -0.1) is 0 Å². The van der Waals surface area contributed by atoms with Crippen LogP contribution in [0.2, 0.25) is 5.02 Å². The molecule has 0 radical (unpaired) electrons. The van der Waals surface area contributed by atoms with Crippen LogP contribution >= 0.6 is 11.6 Å². The monoisotopic (exact) mass is 646 g/mol. The van der Waals surface area contributed by atoms with E-state index in [-0.39, 0.29) is 35.9 Å². The minimum absolute atomic E-state index is 0.0453. The number of ether oxygens (including phenoxy) is 2. The first-order valence-corrected chi connectivity index (χ1v) is 15.5. The Morgan fingerprint density at radius 2 is 1.70 bits per heavy atom. The Bertz CT molecular complexity index is 1590. The number of benzene rings is 3. The van der Waals surface area contributed by atoms with Gasteiger partial charge in [-0.3, -0.25) is 24.0 Å². The van der Waals surface area contributed by atoms with E-state index in [1.807, 2.05) is 60.7 Å². The molecule has 3 N–H and O–H groups in total. The molecule has 4 atom stereocenters. The van der Waals surface area contributed by atoms with Crippen molar-refractivity contribution in [2.24, 2.45) is 0 Å². The number of rotatable bonds is 11. The van der Waals surface area contributed by atoms with E-state index in [9.17, 15) is 24.0 Å². The minimum atomic E-state index is -0.948. The first kappa shape index (κ1) is 32.6. The van der Waals surface area contributed by atoms with Gasteiger partial charge in [0.15, 0.2) is 0 Å². The number of likely N-dealkylation sites (tertiary alicyclic amines) is 1. The maximum atomic E-state index is 13.4. The Hall–Kier alpha value is -4.74. The Morgan fingerprint density at radius 1 is 1.00 bits per heavy atom. The molecule has 2 aliphatic rings. The molecule has 240 valence electrons. The summed E-state index contributed by atoms with van der Waals surface area (Å²) < 4.78 is 11.1. The van der Waals surface area contributed by atoms with E-state index in [0.29, 0.717) is 25.1 Å². The van der Waals surface area contributed by atoms with Gasteiger partial charge in [0.05, 0.1) is 30.2 Å². The predicted octanol–water partition coefficient (Wildman–Crippen LogP) is 3.61. The van der Waals surface area contributed by atoms with Gasteiger partial charge < -0.3 is 30.3 Å². The van der Waals surface area contributed by atoms with Crippen molar-refractivity contribution in [2.45, 2.75) is 63.6 Å². The number of hydrogen-bond donors (Lipinski definition) is 3. The highest BCUT2D eigenvalue weighted by Crippen LogP contribution is 2.25. The summed E-state index contributed by atoms with van der Waals surface area (Å²) in [5.41, 5.74) is 2.30. The summed E-state index contributed by atoms with van der Waals surface area (Å²) >= 11 is 6.36. The van der Waals surface area contributed by atoms with Gasteiger partial charge in [0.1, 0.15) is 18.1 Å². The number of cyclic esters (lactones) is 1. The molecule has 2 saturated heterocycles. The molecule has 3 aromatic rings. The Balaban J connectivity index is 1.14. The van der Waals surface area contributed by atoms with Gasteiger partial charge in [-0.25, -0.2) is 0 Å². The zero-order valence-corrected chi connectivity index (χ0v) is 26.0. The Labute approximate surface area is 271 Å². The van der Waals surface area contributed by atoms with Crippen LogP contribution in [0.5, 0.6) is 0 Å². The first-order chi connectivity index (χ1) is 22.2. The molecule has 0 spiro atoms. The molecule has 0 bridgehead atoms. The second kappa shape index (κ2) is 15.0. The number of carbonyl (C=O) groups is 5. The molecule has 0 saturated carbocycles. The van der Waals surface area contributed by atoms with E-state index < -0.39 is 48.1 Å². The van der Waals surface area contributed by atoms with Crippen LogP contribution in [-0.4, -0.2) is 65.5 Å². The van der Waals surface area contributed by atoms with Crippen molar-refractivity contribution >= 4 is 46.9 Å². The summed E-state index contributed by atoms with van der Waals surface area (Å²) in [6, 6.07) is 20.7. The summed E-state index contributed by atoms with van der Waals surface area (Å²) in [6.07, 6.45) is 0.212. The Kier molecular flexibility index (Phi) is 10.7. The lowest BCUT2D eigenvalue weighted by Crippen LogP contribution is -2.54. The molecular formula is C34H35ClN4O7. The third-order valence-corrected chi connectivity index (χ3v) is 8.13. The van der Waals surface area contributed by atoms with Gasteiger partial charge >= 0.3 is 5.97 Å². The number of esters is 1. The average molecular weight is 647 g/mol. The van der Waals surface area contributed by atoms with Crippen molar-refractivity contribution in [2.75, 3.05) is 11.9 Å². The molecule has 2 unspecified atom stereocenters. The van der Waals surface area contributed by atoms with Crippen molar-refractivity contribution in [1.82, 2.24) is 15.5 Å². The molecule has 4 amide bonds. The van der Waals surface area contributed by atoms with Crippen LogP contribution in [0.4, 0.5) is 5.69 Å². The number of nitrogens with one attached hydrogen (secondary N) is 3. The third kappa shape index (κ3) is 8.29. The molecule has 46 heavy (non-hydrogen) atoms. The standard InChI is InChI=1S/C34H35ClN4O7/c1-21(36-31(42)24-14-15-26(25(35)18-24)37-29(40)17-22-9-4-2-5-10-22)33(44)39-16-8-13-28(39)32(43)38-27-19-30(41)46-34(27)45-20-23-11-6-3-7-12-23/h2-7,9-12,14-15,18,21,27-28,34H,8,13,16-17,19-20H2,1H3,(H,36,42)(H,37,40)(H,38,43)/t21-,27-,28?,34?/m0/s1. The van der Waals surface area contributed by atoms with E-state index in [2.05, 4.69) is 16.0 Å². The van der Waals surface area contributed by atoms with Crippen LogP contribution in [0.25, 0.3) is 0 Å². The SMILES string of the molecule is C[C@H](NC(=O)c1ccc(NC(=O)Cc2ccccc2)c(Cl)c1)C(=O)N1CCCC1C(=O)N[C@H]1CC(=O)OC1OCc1ccccc1. The molecule has 0 aromatic heterocycles. The maximum absolute atomic E-state index is 13.4. The van der Waals surface area contributed by atoms with Crippen LogP contribution in [0.1, 0.15) is 47.7 Å². The molecule has 2 heterocycles. The summed E-state index contributed by atoms with van der Waals surface area (Å²) in [7, 11) is 0. The fourth-order valence-corrected chi connectivity index (χ4v) is 5.69. The van der Waals surface area contributed by atoms with Crippen molar-refractivity contribution < 1.29 is 33.4 Å². The fraction of sp³-hybridized carbons (Fsp3) is 0.324. The van der Waals surface area contributed by atoms with Gasteiger partial charge in [0.2, 0.25) is 24.0 Å². The van der Waals surface area contributed by atoms with E-state index in [1.165, 1.54) is 23.1 Å². The normalized spacial score (nSPS) is 19.7. The lowest BCUT2D eigenvalue weighted by molar-refractivity contribution is -0.168. The van der Waals surface area contributed by atoms with Gasteiger partial charge in [-0.2, -0.15) is 0 Å². The van der Waals surface area contributed by atoms with E-state index in [1.54, 1.807) is 6.92 Å². The number of anilines is 1. The van der Waals surface area contributed by atoms with E-state index in [4.69, 9.17) is 21.1 Å². The van der Waals surface area contributed by atoms with Crippen molar-refractivity contribution in [3.8, 4) is 0 Å². The second-order valence-electron chi connectivity index (χ2n) is 11.3. The number of nitrogens with zero attached hydrogens (tertiary/aromatic N) is 1. The van der Waals surface area contributed by atoms with Crippen LogP contribution in [-0.2, 0) is 41.7 Å². The second-order valence-corrected chi connectivity index (χ2v) is 11.7. The van der Waals surface area contributed by atoms with Crippen molar-refractivity contribution in [3.05, 3.63) is 101 Å². The topological polar surface area (TPSA) is 143 Å². The van der Waals surface area contributed by atoms with Gasteiger partial charge in [0.25, 0.3) is 5.91 Å². The summed E-state index contributed by atoms with van der Waals surface area (Å²) in [6.45, 7) is 2.09. The van der Waals surface area contributed by atoms with Gasteiger partial charge in [0, 0.05) is 12.1 Å². The first-order valence-electron chi connectivity index (χ1n) is 15.1. The van der Waals surface area contributed by atoms with Crippen molar-refractivity contribution in [1.29, 1.82) is 0 Å². The zero-order chi connectivity index (χ0) is 32.6. The summed E-state index contributed by atoms with van der Waals surface area (Å²) in [5, 5.41) is 8.43. The number of halogens is 1. The highest BCUT2D eigenvalue weighted by Gasteiger charge is 2.41. The quantitative estimate of drug-likeness (QED) is 0.270. The smallest absolute Gasteiger partial charge is 0.310 e. The van der Waals surface area contributed by atoms with Crippen LogP contribution in [0.3, 0.4) is 0 Å². The lowest BCUT2D eigenvalue weighted by atomic mass is 10.1. The highest BCUT2D eigenvalue weighted by atomic mass is 35.5. The molecule has 2 fully saturated rings. The van der Waals surface area contributed by atoms with Crippen molar-refractivity contribution in [3.63, 3.8) is 0 Å². The van der Waals surface area contributed by atoms with Gasteiger partial charge in [-0.1, -0.05) is 72.3 Å². The van der Waals surface area contributed by atoms with Crippen LogP contribution < -0.4 is 16.0 Å². The molecule has 0 aliphatic carbocycles. The Morgan fingerprint density at radius 3 is 2.39 bits per heavy atom. The highest BCUT2D eigenvalue weighted by molar-refractivity contribution is 6.34. The third-order valence-electron chi connectivity index (χ3n) is 7.82. The molecule has 5 rings (SSSR count). The summed E-state index contributed by atoms with van der Waals surface area (Å²) in [5.74, 6) is -2.11. The number of carbonyl (C=O) groups excluding carboxylic acids is 5. The molecular weight excluding hydrogens is 612 g/mol. The maximum Gasteiger partial charge on any atom is 0.310 e. The lowest BCUT2D eigenvalue weighted by Gasteiger charge is -2.28. The molecule has 3 aromatic carbocycles. The van der Waals surface area contributed by atoms with E-state index in [0.717, 1.165) is 11.1 Å².